The van der Waals surface area contributed by atoms with E-state index in [9.17, 15) is 13.2 Å². The molecule has 1 aliphatic heterocycles. The fourth-order valence-corrected chi connectivity index (χ4v) is 3.38. The molecule has 1 amide bonds. The van der Waals surface area contributed by atoms with Crippen molar-refractivity contribution in [1.29, 1.82) is 0 Å². The van der Waals surface area contributed by atoms with Crippen molar-refractivity contribution in [3.8, 4) is 0 Å². The lowest BCUT2D eigenvalue weighted by Crippen LogP contribution is -2.21. The van der Waals surface area contributed by atoms with E-state index in [0.717, 1.165) is 16.7 Å². The zero-order valence-electron chi connectivity index (χ0n) is 13.0. The molecule has 0 aromatic heterocycles. The first-order valence-electron chi connectivity index (χ1n) is 7.22. The lowest BCUT2D eigenvalue weighted by molar-refractivity contribution is -0.122. The van der Waals surface area contributed by atoms with Gasteiger partial charge in [0, 0.05) is 19.8 Å². The summed E-state index contributed by atoms with van der Waals surface area (Å²) in [6, 6.07) is 16.2. The summed E-state index contributed by atoms with van der Waals surface area (Å²) in [5, 5.41) is 0. The van der Waals surface area contributed by atoms with Gasteiger partial charge in [0.25, 0.3) is 5.91 Å². The summed E-state index contributed by atoms with van der Waals surface area (Å²) >= 11 is 0. The predicted octanol–water partition coefficient (Wildman–Crippen LogP) is 2.47. The van der Waals surface area contributed by atoms with Gasteiger partial charge in [0.15, 0.2) is 9.84 Å². The minimum atomic E-state index is -3.22. The molecule has 2 aromatic carbocycles. The smallest absolute Gasteiger partial charge is 0.254 e. The number of nitrogens with zero attached hydrogens (tertiary/aromatic N) is 1. The Morgan fingerprint density at radius 1 is 0.913 bits per heavy atom. The average molecular weight is 327 g/mol. The van der Waals surface area contributed by atoms with E-state index in [1.807, 2.05) is 30.3 Å². The van der Waals surface area contributed by atoms with Crippen molar-refractivity contribution in [3.63, 3.8) is 0 Å². The Balaban J connectivity index is 2.12. The number of benzene rings is 2. The molecule has 1 aliphatic rings. The second kappa shape index (κ2) is 5.66. The highest BCUT2D eigenvalue weighted by Gasteiger charge is 2.29. The molecule has 0 aliphatic carbocycles. The van der Waals surface area contributed by atoms with Crippen molar-refractivity contribution < 1.29 is 13.2 Å². The lowest BCUT2D eigenvalue weighted by atomic mass is 9.97. The molecule has 0 radical (unpaired) electrons. The van der Waals surface area contributed by atoms with Gasteiger partial charge in [0.05, 0.1) is 10.5 Å². The number of hydrogen-bond donors (Lipinski definition) is 0. The maximum Gasteiger partial charge on any atom is 0.254 e. The fourth-order valence-electron chi connectivity index (χ4n) is 2.75. The predicted molar refractivity (Wildman–Crippen MR) is 90.4 cm³/mol. The summed E-state index contributed by atoms with van der Waals surface area (Å²) in [6.45, 7) is 0.515. The van der Waals surface area contributed by atoms with Crippen LogP contribution in [0, 0.1) is 0 Å². The third kappa shape index (κ3) is 2.92. The molecule has 118 valence electrons. The molecule has 4 nitrogen and oxygen atoms in total. The first-order valence-corrected chi connectivity index (χ1v) is 9.11. The number of likely N-dealkylation sites (N-methyl/N-ethyl adjacent to an activating group) is 1. The van der Waals surface area contributed by atoms with Crippen LogP contribution in [0.4, 0.5) is 0 Å². The summed E-state index contributed by atoms with van der Waals surface area (Å²) in [5.74, 6) is -0.0154. The number of sulfone groups is 1. The SMILES string of the molecule is CN1CC(c2ccc(S(C)(=O)=O)cc2)=C(c2ccccc2)C1=O. The number of carbonyl (C=O) groups excluding carboxylic acids is 1. The van der Waals surface area contributed by atoms with Crippen LogP contribution in [0.3, 0.4) is 0 Å². The highest BCUT2D eigenvalue weighted by atomic mass is 32.2. The zero-order valence-corrected chi connectivity index (χ0v) is 13.8. The Hall–Kier alpha value is -2.40. The molecular weight excluding hydrogens is 310 g/mol. The molecule has 0 N–H and O–H groups in total. The molecule has 0 saturated heterocycles. The van der Waals surface area contributed by atoms with E-state index >= 15 is 0 Å². The maximum atomic E-state index is 12.5. The van der Waals surface area contributed by atoms with Crippen LogP contribution in [0.5, 0.6) is 0 Å². The standard InChI is InChI=1S/C18H17NO3S/c1-19-12-16(13-8-10-15(11-9-13)23(2,21)22)17(18(19)20)14-6-4-3-5-7-14/h3-11H,12H2,1-2H3. The van der Waals surface area contributed by atoms with Gasteiger partial charge >= 0.3 is 0 Å². The van der Waals surface area contributed by atoms with E-state index in [1.54, 1.807) is 36.2 Å². The van der Waals surface area contributed by atoms with Crippen LogP contribution in [0.2, 0.25) is 0 Å². The summed E-state index contributed by atoms with van der Waals surface area (Å²) in [7, 11) is -1.46. The van der Waals surface area contributed by atoms with Crippen molar-refractivity contribution in [2.45, 2.75) is 4.90 Å². The van der Waals surface area contributed by atoms with E-state index in [1.165, 1.54) is 6.26 Å². The van der Waals surface area contributed by atoms with Crippen LogP contribution in [-0.4, -0.2) is 39.1 Å². The molecule has 0 fully saturated rings. The molecule has 0 spiro atoms. The first-order chi connectivity index (χ1) is 10.9. The molecule has 0 saturated carbocycles. The van der Waals surface area contributed by atoms with Gasteiger partial charge in [-0.2, -0.15) is 0 Å². The second-order valence-corrected chi connectivity index (χ2v) is 7.69. The average Bonchev–Trinajstić information content (AvgIpc) is 2.83. The molecular formula is C18H17NO3S. The van der Waals surface area contributed by atoms with Gasteiger partial charge in [-0.15, -0.1) is 0 Å². The van der Waals surface area contributed by atoms with Gasteiger partial charge in [-0.05, 0) is 28.8 Å². The van der Waals surface area contributed by atoms with E-state index in [-0.39, 0.29) is 10.8 Å². The third-order valence-corrected chi connectivity index (χ3v) is 5.08. The van der Waals surface area contributed by atoms with Crippen LogP contribution in [0.15, 0.2) is 59.5 Å². The molecule has 0 atom stereocenters. The molecule has 1 heterocycles. The van der Waals surface area contributed by atoms with Crippen LogP contribution < -0.4 is 0 Å². The van der Waals surface area contributed by atoms with Crippen LogP contribution in [0.25, 0.3) is 11.1 Å². The second-order valence-electron chi connectivity index (χ2n) is 5.68. The van der Waals surface area contributed by atoms with E-state index < -0.39 is 9.84 Å². The zero-order chi connectivity index (χ0) is 16.6. The van der Waals surface area contributed by atoms with E-state index in [0.29, 0.717) is 12.1 Å². The topological polar surface area (TPSA) is 54.5 Å². The van der Waals surface area contributed by atoms with Gasteiger partial charge in [-0.1, -0.05) is 42.5 Å². The molecule has 2 aromatic rings. The van der Waals surface area contributed by atoms with Gasteiger partial charge in [-0.3, -0.25) is 4.79 Å². The minimum absolute atomic E-state index is 0.0154. The van der Waals surface area contributed by atoms with E-state index in [2.05, 4.69) is 0 Å². The largest absolute Gasteiger partial charge is 0.337 e. The Labute approximate surface area is 136 Å². The molecule has 23 heavy (non-hydrogen) atoms. The molecule has 0 unspecified atom stereocenters. The summed E-state index contributed by atoms with van der Waals surface area (Å²) in [4.78, 5) is 14.4. The Bertz CT molecular complexity index is 882. The van der Waals surface area contributed by atoms with Crippen molar-refractivity contribution in [3.05, 3.63) is 65.7 Å². The minimum Gasteiger partial charge on any atom is -0.337 e. The Morgan fingerprint density at radius 2 is 1.52 bits per heavy atom. The Kier molecular flexibility index (Phi) is 3.82. The van der Waals surface area contributed by atoms with E-state index in [4.69, 9.17) is 0 Å². The highest BCUT2D eigenvalue weighted by Crippen LogP contribution is 2.33. The molecule has 5 heteroatoms. The summed E-state index contributed by atoms with van der Waals surface area (Å²) < 4.78 is 23.2. The van der Waals surface area contributed by atoms with Gasteiger partial charge < -0.3 is 4.90 Å². The van der Waals surface area contributed by atoms with Crippen molar-refractivity contribution in [2.75, 3.05) is 19.8 Å². The lowest BCUT2D eigenvalue weighted by Gasteiger charge is -2.08. The van der Waals surface area contributed by atoms with Crippen molar-refractivity contribution in [1.82, 2.24) is 4.90 Å². The maximum absolute atomic E-state index is 12.5. The number of carbonyl (C=O) groups is 1. The quantitative estimate of drug-likeness (QED) is 0.870. The van der Waals surface area contributed by atoms with Crippen molar-refractivity contribution >= 4 is 26.9 Å². The van der Waals surface area contributed by atoms with Gasteiger partial charge in [-0.25, -0.2) is 8.42 Å². The molecule has 3 rings (SSSR count). The van der Waals surface area contributed by atoms with Crippen LogP contribution >= 0.6 is 0 Å². The van der Waals surface area contributed by atoms with Crippen molar-refractivity contribution in [2.24, 2.45) is 0 Å². The fraction of sp³-hybridized carbons (Fsp3) is 0.167. The number of amides is 1. The molecule has 0 bridgehead atoms. The Morgan fingerprint density at radius 3 is 2.09 bits per heavy atom. The number of rotatable bonds is 3. The summed E-state index contributed by atoms with van der Waals surface area (Å²) in [6.07, 6.45) is 1.18. The van der Waals surface area contributed by atoms with Gasteiger partial charge in [0.2, 0.25) is 0 Å². The normalized spacial score (nSPS) is 15.4. The monoisotopic (exact) mass is 327 g/mol. The van der Waals surface area contributed by atoms with Crippen LogP contribution in [0.1, 0.15) is 11.1 Å². The third-order valence-electron chi connectivity index (χ3n) is 3.95. The summed E-state index contributed by atoms with van der Waals surface area (Å²) in [5.41, 5.74) is 3.35. The first kappa shape index (κ1) is 15.5. The number of hydrogen-bond acceptors (Lipinski definition) is 3. The highest BCUT2D eigenvalue weighted by molar-refractivity contribution is 7.90. The van der Waals surface area contributed by atoms with Crippen LogP contribution in [-0.2, 0) is 14.6 Å². The van der Waals surface area contributed by atoms with Gasteiger partial charge in [0.1, 0.15) is 0 Å².